The summed E-state index contributed by atoms with van der Waals surface area (Å²) < 4.78 is 34.1. The number of sulfonamides is 1. The lowest BCUT2D eigenvalue weighted by Crippen LogP contribution is -2.31. The lowest BCUT2D eigenvalue weighted by molar-refractivity contribution is 0.411. The third kappa shape index (κ3) is 3.97. The van der Waals surface area contributed by atoms with E-state index in [1.807, 2.05) is 0 Å². The highest BCUT2D eigenvalue weighted by Crippen LogP contribution is 2.25. The van der Waals surface area contributed by atoms with Crippen molar-refractivity contribution in [3.8, 4) is 5.75 Å². The molecule has 0 saturated carbocycles. The van der Waals surface area contributed by atoms with Crippen LogP contribution in [0.15, 0.2) is 37.1 Å². The fourth-order valence-corrected chi connectivity index (χ4v) is 4.98. The van der Waals surface area contributed by atoms with E-state index >= 15 is 0 Å². The topological polar surface area (TPSA) is 77.4 Å². The number of thiophene rings is 1. The van der Waals surface area contributed by atoms with Gasteiger partial charge in [0.05, 0.1) is 10.9 Å². The number of aryl methyl sites for hydroxylation is 1. The Morgan fingerprint density at radius 3 is 2.64 bits per heavy atom. The summed E-state index contributed by atoms with van der Waals surface area (Å²) in [6, 6.07) is 6.31. The number of nitrogens with zero attached hydrogens (tertiary/aromatic N) is 1. The van der Waals surface area contributed by atoms with Gasteiger partial charge in [0.2, 0.25) is 10.0 Å². The standard InChI is InChI=1S/C13H15BrN2O4S2/c1-9-7-10(20-2)8-12(17)16(9)6-5-15-22(18,19)13-4-3-11(14)21-13/h3-4,7-8,15H,5-6H2,1-2H3. The molecule has 6 nitrogen and oxygen atoms in total. The van der Waals surface area contributed by atoms with Crippen LogP contribution in [-0.4, -0.2) is 26.6 Å². The molecule has 2 aromatic heterocycles. The monoisotopic (exact) mass is 406 g/mol. The molecule has 0 aliphatic rings. The second kappa shape index (κ2) is 6.95. The van der Waals surface area contributed by atoms with Gasteiger partial charge in [0.1, 0.15) is 9.96 Å². The van der Waals surface area contributed by atoms with E-state index in [9.17, 15) is 13.2 Å². The second-order valence-electron chi connectivity index (χ2n) is 4.48. The van der Waals surface area contributed by atoms with E-state index in [2.05, 4.69) is 20.7 Å². The van der Waals surface area contributed by atoms with Gasteiger partial charge < -0.3 is 9.30 Å². The predicted octanol–water partition coefficient (Wildman–Crippen LogP) is 1.97. The first-order chi connectivity index (χ1) is 10.3. The Morgan fingerprint density at radius 1 is 1.36 bits per heavy atom. The number of aromatic nitrogens is 1. The smallest absolute Gasteiger partial charge is 0.254 e. The summed E-state index contributed by atoms with van der Waals surface area (Å²) in [6.45, 7) is 2.15. The van der Waals surface area contributed by atoms with Crippen LogP contribution in [0.25, 0.3) is 0 Å². The molecule has 0 aliphatic carbocycles. The van der Waals surface area contributed by atoms with Gasteiger partial charge in [0.25, 0.3) is 5.56 Å². The minimum Gasteiger partial charge on any atom is -0.496 e. The molecule has 0 atom stereocenters. The summed E-state index contributed by atoms with van der Waals surface area (Å²) in [5.74, 6) is 0.489. The zero-order chi connectivity index (χ0) is 16.3. The predicted molar refractivity (Wildman–Crippen MR) is 89.2 cm³/mol. The number of methoxy groups -OCH3 is 1. The van der Waals surface area contributed by atoms with E-state index in [-0.39, 0.29) is 22.9 Å². The van der Waals surface area contributed by atoms with E-state index in [1.54, 1.807) is 19.1 Å². The number of nitrogens with one attached hydrogen (secondary N) is 1. The van der Waals surface area contributed by atoms with Gasteiger partial charge >= 0.3 is 0 Å². The molecule has 0 fully saturated rings. The van der Waals surface area contributed by atoms with Crippen LogP contribution >= 0.6 is 27.3 Å². The Labute approximate surface area is 140 Å². The summed E-state index contributed by atoms with van der Waals surface area (Å²) in [5.41, 5.74) is 0.484. The Balaban J connectivity index is 2.07. The molecule has 0 aromatic carbocycles. The second-order valence-corrected chi connectivity index (χ2v) is 8.94. The Bertz CT molecular complexity index is 827. The molecule has 0 unspecified atom stereocenters. The molecular formula is C13H15BrN2O4S2. The van der Waals surface area contributed by atoms with Crippen LogP contribution in [-0.2, 0) is 16.6 Å². The maximum Gasteiger partial charge on any atom is 0.254 e. The van der Waals surface area contributed by atoms with Crippen molar-refractivity contribution in [2.24, 2.45) is 0 Å². The average Bonchev–Trinajstić information content (AvgIpc) is 2.89. The number of halogens is 1. The molecule has 0 aliphatic heterocycles. The van der Waals surface area contributed by atoms with Crippen molar-refractivity contribution in [1.29, 1.82) is 0 Å². The minimum absolute atomic E-state index is 0.130. The van der Waals surface area contributed by atoms with Crippen LogP contribution in [0.2, 0.25) is 0 Å². The Kier molecular flexibility index (Phi) is 5.43. The fourth-order valence-electron chi connectivity index (χ4n) is 1.91. The van der Waals surface area contributed by atoms with Gasteiger partial charge in [-0.15, -0.1) is 11.3 Å². The molecule has 2 aromatic rings. The molecule has 22 heavy (non-hydrogen) atoms. The molecule has 0 spiro atoms. The van der Waals surface area contributed by atoms with Crippen LogP contribution in [0.1, 0.15) is 5.69 Å². The van der Waals surface area contributed by atoms with Gasteiger partial charge in [-0.25, -0.2) is 13.1 Å². The first kappa shape index (κ1) is 17.2. The summed E-state index contributed by atoms with van der Waals surface area (Å²) in [6.07, 6.45) is 0. The molecule has 2 heterocycles. The summed E-state index contributed by atoms with van der Waals surface area (Å²) in [4.78, 5) is 12.0. The van der Waals surface area contributed by atoms with Crippen LogP contribution in [0.5, 0.6) is 5.75 Å². The van der Waals surface area contributed by atoms with Crippen molar-refractivity contribution in [2.75, 3.05) is 13.7 Å². The normalized spacial score (nSPS) is 11.6. The lowest BCUT2D eigenvalue weighted by atomic mass is 10.3. The number of rotatable bonds is 6. The maximum absolute atomic E-state index is 12.1. The van der Waals surface area contributed by atoms with Crippen molar-refractivity contribution in [1.82, 2.24) is 9.29 Å². The summed E-state index contributed by atoms with van der Waals surface area (Å²) in [7, 11) is -2.06. The number of ether oxygens (including phenoxy) is 1. The van der Waals surface area contributed by atoms with Crippen molar-refractivity contribution >= 4 is 37.3 Å². The molecule has 0 amide bonds. The summed E-state index contributed by atoms with van der Waals surface area (Å²) >= 11 is 4.36. The van der Waals surface area contributed by atoms with E-state index in [1.165, 1.54) is 23.8 Å². The Hall–Kier alpha value is -1.16. The highest BCUT2D eigenvalue weighted by atomic mass is 79.9. The third-order valence-electron chi connectivity index (χ3n) is 2.99. The van der Waals surface area contributed by atoms with Crippen molar-refractivity contribution in [3.63, 3.8) is 0 Å². The first-order valence-corrected chi connectivity index (χ1v) is 9.43. The van der Waals surface area contributed by atoms with Crippen molar-refractivity contribution < 1.29 is 13.2 Å². The van der Waals surface area contributed by atoms with Crippen molar-refractivity contribution in [3.05, 3.63) is 44.1 Å². The number of pyridine rings is 1. The molecule has 9 heteroatoms. The highest BCUT2D eigenvalue weighted by Gasteiger charge is 2.16. The SMILES string of the molecule is COc1cc(C)n(CCNS(=O)(=O)c2ccc(Br)s2)c(=O)c1. The van der Waals surface area contributed by atoms with Gasteiger partial charge in [0.15, 0.2) is 0 Å². The molecule has 0 bridgehead atoms. The first-order valence-electron chi connectivity index (χ1n) is 6.34. The molecule has 0 radical (unpaired) electrons. The molecule has 120 valence electrons. The van der Waals surface area contributed by atoms with Gasteiger partial charge in [-0.2, -0.15) is 0 Å². The van der Waals surface area contributed by atoms with E-state index < -0.39 is 10.0 Å². The zero-order valence-electron chi connectivity index (χ0n) is 12.0. The third-order valence-corrected chi connectivity index (χ3v) is 6.56. The van der Waals surface area contributed by atoms with Crippen LogP contribution < -0.4 is 15.0 Å². The quantitative estimate of drug-likeness (QED) is 0.795. The van der Waals surface area contributed by atoms with Crippen LogP contribution in [0.4, 0.5) is 0 Å². The molecule has 0 saturated heterocycles. The van der Waals surface area contributed by atoms with Crippen LogP contribution in [0.3, 0.4) is 0 Å². The molecular weight excluding hydrogens is 392 g/mol. The highest BCUT2D eigenvalue weighted by molar-refractivity contribution is 9.11. The van der Waals surface area contributed by atoms with Gasteiger partial charge in [-0.3, -0.25) is 4.79 Å². The average molecular weight is 407 g/mol. The van der Waals surface area contributed by atoms with Gasteiger partial charge in [0, 0.05) is 24.8 Å². The molecule has 2 rings (SSSR count). The lowest BCUT2D eigenvalue weighted by Gasteiger charge is -2.11. The largest absolute Gasteiger partial charge is 0.496 e. The van der Waals surface area contributed by atoms with E-state index in [0.717, 1.165) is 15.1 Å². The maximum atomic E-state index is 12.1. The zero-order valence-corrected chi connectivity index (χ0v) is 15.2. The number of hydrogen-bond acceptors (Lipinski definition) is 5. The van der Waals surface area contributed by atoms with E-state index in [0.29, 0.717) is 11.4 Å². The number of hydrogen-bond donors (Lipinski definition) is 1. The Morgan fingerprint density at radius 2 is 2.09 bits per heavy atom. The van der Waals surface area contributed by atoms with Crippen molar-refractivity contribution in [2.45, 2.75) is 17.7 Å². The van der Waals surface area contributed by atoms with E-state index in [4.69, 9.17) is 4.74 Å². The minimum atomic E-state index is -3.55. The fraction of sp³-hybridized carbons (Fsp3) is 0.308. The summed E-state index contributed by atoms with van der Waals surface area (Å²) in [5, 5.41) is 0. The van der Waals surface area contributed by atoms with Gasteiger partial charge in [-0.1, -0.05) is 0 Å². The molecule has 1 N–H and O–H groups in total. The van der Waals surface area contributed by atoms with Gasteiger partial charge in [-0.05, 0) is 41.1 Å². The van der Waals surface area contributed by atoms with Crippen LogP contribution in [0, 0.1) is 6.92 Å².